The standard InChI is InChI=1S/C19H25ClN4O3/c1-11-21-18(27)24(23-11)13-6-7-15(20)14(9-13)17(26)22-16(25)12-5-4-8-19(2,3)10-12/h6-7,9,12,16,25H,4-5,8,10H2,1-3H3,(H,22,26)(H,21,23,27). The third-order valence-corrected chi connectivity index (χ3v) is 5.47. The van der Waals surface area contributed by atoms with Gasteiger partial charge in [0.2, 0.25) is 0 Å². The Hall–Kier alpha value is -2.12. The summed E-state index contributed by atoms with van der Waals surface area (Å²) in [4.78, 5) is 27.2. The molecule has 3 N–H and O–H groups in total. The van der Waals surface area contributed by atoms with Crippen molar-refractivity contribution >= 4 is 17.5 Å². The van der Waals surface area contributed by atoms with E-state index in [9.17, 15) is 14.7 Å². The van der Waals surface area contributed by atoms with Crippen LogP contribution in [0.5, 0.6) is 0 Å². The van der Waals surface area contributed by atoms with Gasteiger partial charge in [-0.2, -0.15) is 9.78 Å². The molecule has 7 nitrogen and oxygen atoms in total. The van der Waals surface area contributed by atoms with Crippen LogP contribution in [0.15, 0.2) is 23.0 Å². The van der Waals surface area contributed by atoms with Crippen molar-refractivity contribution < 1.29 is 9.90 Å². The molecule has 1 fully saturated rings. The minimum Gasteiger partial charge on any atom is -0.373 e. The van der Waals surface area contributed by atoms with Gasteiger partial charge in [-0.05, 0) is 49.8 Å². The highest BCUT2D eigenvalue weighted by atomic mass is 35.5. The monoisotopic (exact) mass is 392 g/mol. The highest BCUT2D eigenvalue weighted by molar-refractivity contribution is 6.33. The van der Waals surface area contributed by atoms with Gasteiger partial charge in [-0.25, -0.2) is 4.79 Å². The predicted molar refractivity (Wildman–Crippen MR) is 103 cm³/mol. The van der Waals surface area contributed by atoms with Gasteiger partial charge in [-0.15, -0.1) is 0 Å². The number of aryl methyl sites for hydroxylation is 1. The summed E-state index contributed by atoms with van der Waals surface area (Å²) in [6, 6.07) is 4.65. The number of aromatic amines is 1. The lowest BCUT2D eigenvalue weighted by atomic mass is 9.71. The fraction of sp³-hybridized carbons (Fsp3) is 0.526. The topological polar surface area (TPSA) is 100 Å². The summed E-state index contributed by atoms with van der Waals surface area (Å²) in [6.45, 7) is 6.03. The number of H-pyrrole nitrogens is 1. The SMILES string of the molecule is Cc1nn(-c2ccc(Cl)c(C(=O)NC(O)C3CCCC(C)(C)C3)c2)c(=O)[nH]1. The second-order valence-electron chi connectivity index (χ2n) is 8.03. The first-order valence-corrected chi connectivity index (χ1v) is 9.49. The largest absolute Gasteiger partial charge is 0.373 e. The fourth-order valence-corrected chi connectivity index (χ4v) is 3.98. The van der Waals surface area contributed by atoms with Crippen LogP contribution in [0.25, 0.3) is 5.69 Å². The number of halogens is 1. The number of nitrogens with zero attached hydrogens (tertiary/aromatic N) is 2. The number of hydrogen-bond acceptors (Lipinski definition) is 4. The first-order chi connectivity index (χ1) is 12.7. The van der Waals surface area contributed by atoms with Crippen LogP contribution in [0.3, 0.4) is 0 Å². The maximum Gasteiger partial charge on any atom is 0.348 e. The number of aromatic nitrogens is 3. The summed E-state index contributed by atoms with van der Waals surface area (Å²) < 4.78 is 1.17. The van der Waals surface area contributed by atoms with Crippen LogP contribution in [-0.2, 0) is 0 Å². The predicted octanol–water partition coefficient (Wildman–Crippen LogP) is 2.79. The van der Waals surface area contributed by atoms with Gasteiger partial charge in [0, 0.05) is 5.92 Å². The molecule has 0 aliphatic heterocycles. The van der Waals surface area contributed by atoms with Crippen LogP contribution in [0, 0.1) is 18.3 Å². The van der Waals surface area contributed by atoms with E-state index in [1.807, 2.05) is 0 Å². The normalized spacial score (nSPS) is 20.3. The van der Waals surface area contributed by atoms with Crippen molar-refractivity contribution in [3.63, 3.8) is 0 Å². The second-order valence-corrected chi connectivity index (χ2v) is 8.44. The number of nitrogens with one attached hydrogen (secondary N) is 2. The van der Waals surface area contributed by atoms with Crippen LogP contribution >= 0.6 is 11.6 Å². The highest BCUT2D eigenvalue weighted by Crippen LogP contribution is 2.39. The van der Waals surface area contributed by atoms with Crippen molar-refractivity contribution in [3.8, 4) is 5.69 Å². The van der Waals surface area contributed by atoms with E-state index in [0.717, 1.165) is 25.7 Å². The molecular formula is C19H25ClN4O3. The lowest BCUT2D eigenvalue weighted by Crippen LogP contribution is -2.43. The fourth-order valence-electron chi connectivity index (χ4n) is 3.78. The Labute approximate surface area is 162 Å². The number of hydrogen-bond donors (Lipinski definition) is 3. The molecule has 0 spiro atoms. The van der Waals surface area contributed by atoms with Gasteiger partial charge >= 0.3 is 5.69 Å². The van der Waals surface area contributed by atoms with Gasteiger partial charge in [0.1, 0.15) is 12.1 Å². The number of carbonyl (C=O) groups excluding carboxylic acids is 1. The molecular weight excluding hydrogens is 368 g/mol. The average Bonchev–Trinajstić information content (AvgIpc) is 2.92. The van der Waals surface area contributed by atoms with Gasteiger partial charge in [-0.1, -0.05) is 31.9 Å². The maximum atomic E-state index is 12.7. The number of amides is 1. The van der Waals surface area contributed by atoms with Crippen molar-refractivity contribution in [3.05, 3.63) is 45.1 Å². The number of aliphatic hydroxyl groups is 1. The van der Waals surface area contributed by atoms with E-state index in [1.54, 1.807) is 19.1 Å². The Kier molecular flexibility index (Phi) is 5.44. The lowest BCUT2D eigenvalue weighted by molar-refractivity contribution is 0.0232. The zero-order valence-electron chi connectivity index (χ0n) is 15.8. The summed E-state index contributed by atoms with van der Waals surface area (Å²) in [5.41, 5.74) is 0.374. The molecule has 1 saturated carbocycles. The molecule has 2 aromatic rings. The van der Waals surface area contributed by atoms with Gasteiger partial charge < -0.3 is 10.4 Å². The molecule has 146 valence electrons. The van der Waals surface area contributed by atoms with Crippen LogP contribution < -0.4 is 11.0 Å². The molecule has 27 heavy (non-hydrogen) atoms. The van der Waals surface area contributed by atoms with E-state index in [0.29, 0.717) is 11.5 Å². The molecule has 1 heterocycles. The van der Waals surface area contributed by atoms with Crippen molar-refractivity contribution in [2.75, 3.05) is 0 Å². The summed E-state index contributed by atoms with van der Waals surface area (Å²) in [5.74, 6) is 0.00518. The van der Waals surface area contributed by atoms with E-state index in [2.05, 4.69) is 29.2 Å². The molecule has 1 aliphatic rings. The van der Waals surface area contributed by atoms with Crippen molar-refractivity contribution in [2.24, 2.45) is 11.3 Å². The molecule has 1 aromatic carbocycles. The van der Waals surface area contributed by atoms with Crippen molar-refractivity contribution in [2.45, 2.75) is 52.7 Å². The van der Waals surface area contributed by atoms with E-state index in [4.69, 9.17) is 11.6 Å². The molecule has 2 unspecified atom stereocenters. The Morgan fingerprint density at radius 3 is 2.85 bits per heavy atom. The zero-order chi connectivity index (χ0) is 19.8. The van der Waals surface area contributed by atoms with Crippen molar-refractivity contribution in [1.29, 1.82) is 0 Å². The lowest BCUT2D eigenvalue weighted by Gasteiger charge is -2.37. The smallest absolute Gasteiger partial charge is 0.348 e. The average molecular weight is 393 g/mol. The van der Waals surface area contributed by atoms with Crippen LogP contribution in [0.4, 0.5) is 0 Å². The van der Waals surface area contributed by atoms with Gasteiger partial charge in [0.15, 0.2) is 0 Å². The quantitative estimate of drug-likeness (QED) is 0.696. The summed E-state index contributed by atoms with van der Waals surface area (Å²) in [6.07, 6.45) is 2.94. The van der Waals surface area contributed by atoms with E-state index in [1.165, 1.54) is 10.7 Å². The summed E-state index contributed by atoms with van der Waals surface area (Å²) in [5, 5.41) is 17.5. The number of carbonyl (C=O) groups is 1. The molecule has 2 atom stereocenters. The third kappa shape index (κ3) is 4.42. The van der Waals surface area contributed by atoms with Gasteiger partial charge in [-0.3, -0.25) is 9.78 Å². The Bertz CT molecular complexity index is 903. The van der Waals surface area contributed by atoms with Crippen LogP contribution in [0.1, 0.15) is 55.7 Å². The molecule has 1 aliphatic carbocycles. The van der Waals surface area contributed by atoms with E-state index >= 15 is 0 Å². The molecule has 8 heteroatoms. The van der Waals surface area contributed by atoms with Gasteiger partial charge in [0.05, 0.1) is 16.3 Å². The minimum absolute atomic E-state index is 0.0104. The third-order valence-electron chi connectivity index (χ3n) is 5.14. The van der Waals surface area contributed by atoms with Crippen molar-refractivity contribution in [1.82, 2.24) is 20.1 Å². The Morgan fingerprint density at radius 1 is 1.48 bits per heavy atom. The first kappa shape index (κ1) is 19.6. The number of benzene rings is 1. The van der Waals surface area contributed by atoms with Crippen LogP contribution in [-0.4, -0.2) is 32.0 Å². The molecule has 1 aromatic heterocycles. The van der Waals surface area contributed by atoms with E-state index < -0.39 is 17.8 Å². The summed E-state index contributed by atoms with van der Waals surface area (Å²) >= 11 is 6.18. The summed E-state index contributed by atoms with van der Waals surface area (Å²) in [7, 11) is 0. The second kappa shape index (κ2) is 7.48. The minimum atomic E-state index is -0.938. The highest BCUT2D eigenvalue weighted by Gasteiger charge is 2.33. The Morgan fingerprint density at radius 2 is 2.22 bits per heavy atom. The Balaban J connectivity index is 1.79. The maximum absolute atomic E-state index is 12.7. The molecule has 3 rings (SSSR count). The molecule has 1 amide bonds. The first-order valence-electron chi connectivity index (χ1n) is 9.11. The van der Waals surface area contributed by atoms with Crippen LogP contribution in [0.2, 0.25) is 5.02 Å². The number of aliphatic hydroxyl groups excluding tert-OH is 1. The molecule has 0 saturated heterocycles. The zero-order valence-corrected chi connectivity index (χ0v) is 16.5. The molecule has 0 radical (unpaired) electrons. The molecule has 0 bridgehead atoms. The van der Waals surface area contributed by atoms with E-state index in [-0.39, 0.29) is 21.9 Å². The number of rotatable bonds is 4. The van der Waals surface area contributed by atoms with Gasteiger partial charge in [0.25, 0.3) is 5.91 Å².